The van der Waals surface area contributed by atoms with Crippen molar-refractivity contribution in [3.8, 4) is 0 Å². The smallest absolute Gasteiger partial charge is 0.129 e. The number of hydrogen-bond acceptors (Lipinski definition) is 3. The topological polar surface area (TPSA) is 24.4 Å². The van der Waals surface area contributed by atoms with Gasteiger partial charge in [0.1, 0.15) is 5.84 Å². The molecule has 1 aliphatic carbocycles. The van der Waals surface area contributed by atoms with E-state index in [9.17, 15) is 0 Å². The summed E-state index contributed by atoms with van der Waals surface area (Å²) in [4.78, 5) is 6.04. The molecule has 2 aliphatic rings. The molecular formula is C17H25BrN2S. The third kappa shape index (κ3) is 4.75. The summed E-state index contributed by atoms with van der Waals surface area (Å²) in [6.07, 6.45) is 8.31. The predicted molar refractivity (Wildman–Crippen MR) is 98.1 cm³/mol. The Bertz CT molecular complexity index is 470. The molecule has 0 atom stereocenters. The Balaban J connectivity index is 0.00000161. The minimum absolute atomic E-state index is 0. The predicted octanol–water partition coefficient (Wildman–Crippen LogP) is 4.68. The first-order chi connectivity index (χ1) is 9.93. The third-order valence-electron chi connectivity index (χ3n) is 4.24. The van der Waals surface area contributed by atoms with E-state index < -0.39 is 0 Å². The molecule has 0 amide bonds. The van der Waals surface area contributed by atoms with Gasteiger partial charge in [0.2, 0.25) is 0 Å². The van der Waals surface area contributed by atoms with Crippen molar-refractivity contribution in [2.75, 3.05) is 18.8 Å². The Hall–Kier alpha value is -0.480. The van der Waals surface area contributed by atoms with E-state index in [0.717, 1.165) is 31.3 Å². The molecule has 3 rings (SSSR count). The number of rotatable bonds is 4. The summed E-state index contributed by atoms with van der Waals surface area (Å²) >= 11 is 2.03. The summed E-state index contributed by atoms with van der Waals surface area (Å²) in [6, 6.07) is 8.73. The lowest BCUT2D eigenvalue weighted by molar-refractivity contribution is 0.391. The van der Waals surface area contributed by atoms with Gasteiger partial charge in [0.25, 0.3) is 0 Å². The van der Waals surface area contributed by atoms with Crippen molar-refractivity contribution in [2.45, 2.75) is 43.4 Å². The molecule has 21 heavy (non-hydrogen) atoms. The Kier molecular flexibility index (Phi) is 7.11. The summed E-state index contributed by atoms with van der Waals surface area (Å²) < 4.78 is 0. The van der Waals surface area contributed by atoms with Crippen LogP contribution >= 0.6 is 28.7 Å². The molecule has 0 unspecified atom stereocenters. The molecule has 4 heteroatoms. The van der Waals surface area contributed by atoms with Gasteiger partial charge in [0.15, 0.2) is 0 Å². The van der Waals surface area contributed by atoms with Crippen molar-refractivity contribution < 1.29 is 0 Å². The van der Waals surface area contributed by atoms with Gasteiger partial charge in [-0.05, 0) is 31.2 Å². The van der Waals surface area contributed by atoms with E-state index in [1.54, 1.807) is 0 Å². The molecule has 1 aromatic rings. The molecule has 1 saturated carbocycles. The molecule has 0 bridgehead atoms. The molecule has 1 heterocycles. The number of aliphatic imine (C=N–C) groups is 1. The highest BCUT2D eigenvalue weighted by Gasteiger charge is 2.16. The molecule has 0 aromatic heterocycles. The highest BCUT2D eigenvalue weighted by atomic mass is 79.9. The normalized spacial score (nSPS) is 19.3. The number of nitrogens with zero attached hydrogens (tertiary/aromatic N) is 1. The number of thioether (sulfide) groups is 1. The standard InChI is InChI=1S/C17H24N2S.BrH/c1-2-7-14(8-3-1)13-20-16-10-5-4-9-15(16)17-18-11-6-12-19-17;/h4-5,9-10,14H,1-3,6-8,11-13H2,(H,18,19);1H. The molecule has 0 spiro atoms. The first-order valence-corrected chi connectivity index (χ1v) is 8.92. The van der Waals surface area contributed by atoms with Gasteiger partial charge in [-0.15, -0.1) is 28.7 Å². The average molecular weight is 369 g/mol. The van der Waals surface area contributed by atoms with Crippen molar-refractivity contribution in [1.82, 2.24) is 5.32 Å². The lowest BCUT2D eigenvalue weighted by Crippen LogP contribution is -2.30. The minimum Gasteiger partial charge on any atom is -0.370 e. The first-order valence-electron chi connectivity index (χ1n) is 7.94. The fourth-order valence-electron chi connectivity index (χ4n) is 3.06. The number of halogens is 1. The Labute approximate surface area is 143 Å². The number of amidine groups is 1. The zero-order chi connectivity index (χ0) is 13.6. The van der Waals surface area contributed by atoms with E-state index in [0.29, 0.717) is 0 Å². The summed E-state index contributed by atoms with van der Waals surface area (Å²) in [5, 5.41) is 3.45. The van der Waals surface area contributed by atoms with Crippen LogP contribution in [-0.2, 0) is 0 Å². The van der Waals surface area contributed by atoms with E-state index in [-0.39, 0.29) is 17.0 Å². The van der Waals surface area contributed by atoms with Gasteiger partial charge in [-0.25, -0.2) is 0 Å². The van der Waals surface area contributed by atoms with E-state index >= 15 is 0 Å². The third-order valence-corrected chi connectivity index (χ3v) is 5.54. The van der Waals surface area contributed by atoms with Crippen LogP contribution in [-0.4, -0.2) is 24.7 Å². The molecule has 1 aromatic carbocycles. The van der Waals surface area contributed by atoms with Crippen LogP contribution in [0.2, 0.25) is 0 Å². The van der Waals surface area contributed by atoms with Gasteiger partial charge < -0.3 is 5.32 Å². The maximum absolute atomic E-state index is 4.65. The number of benzene rings is 1. The minimum atomic E-state index is 0. The number of nitrogens with one attached hydrogen (secondary N) is 1. The lowest BCUT2D eigenvalue weighted by Gasteiger charge is -2.22. The highest BCUT2D eigenvalue weighted by molar-refractivity contribution is 8.93. The average Bonchev–Trinajstić information content (AvgIpc) is 2.55. The molecule has 1 N–H and O–H groups in total. The van der Waals surface area contributed by atoms with Gasteiger partial charge in [-0.1, -0.05) is 37.5 Å². The van der Waals surface area contributed by atoms with E-state index in [4.69, 9.17) is 0 Å². The van der Waals surface area contributed by atoms with Crippen LogP contribution in [0.5, 0.6) is 0 Å². The second-order valence-electron chi connectivity index (χ2n) is 5.82. The molecule has 0 saturated heterocycles. The maximum atomic E-state index is 4.65. The Morgan fingerprint density at radius 2 is 1.90 bits per heavy atom. The number of hydrogen-bond donors (Lipinski definition) is 1. The Morgan fingerprint density at radius 1 is 1.10 bits per heavy atom. The largest absolute Gasteiger partial charge is 0.370 e. The monoisotopic (exact) mass is 368 g/mol. The van der Waals surface area contributed by atoms with Crippen molar-refractivity contribution in [3.05, 3.63) is 29.8 Å². The zero-order valence-electron chi connectivity index (χ0n) is 12.5. The van der Waals surface area contributed by atoms with E-state index in [1.165, 1.54) is 48.3 Å². The molecule has 0 radical (unpaired) electrons. The van der Waals surface area contributed by atoms with E-state index in [2.05, 4.69) is 34.6 Å². The van der Waals surface area contributed by atoms with E-state index in [1.807, 2.05) is 11.8 Å². The molecule has 1 fully saturated rings. The SMILES string of the molecule is Br.c1ccc(C2=NCCCN2)c(SCC2CCCCC2)c1. The van der Waals surface area contributed by atoms with Crippen molar-refractivity contribution in [2.24, 2.45) is 10.9 Å². The fraction of sp³-hybridized carbons (Fsp3) is 0.588. The lowest BCUT2D eigenvalue weighted by atomic mass is 9.91. The van der Waals surface area contributed by atoms with Crippen molar-refractivity contribution in [3.63, 3.8) is 0 Å². The molecular weight excluding hydrogens is 344 g/mol. The van der Waals surface area contributed by atoms with Crippen LogP contribution in [0.1, 0.15) is 44.1 Å². The first kappa shape index (κ1) is 16.9. The van der Waals surface area contributed by atoms with Crippen LogP contribution in [0.25, 0.3) is 0 Å². The van der Waals surface area contributed by atoms with Crippen molar-refractivity contribution >= 4 is 34.6 Å². The molecule has 2 nitrogen and oxygen atoms in total. The molecule has 1 aliphatic heterocycles. The highest BCUT2D eigenvalue weighted by Crippen LogP contribution is 2.31. The Morgan fingerprint density at radius 3 is 2.67 bits per heavy atom. The van der Waals surface area contributed by atoms with Gasteiger partial charge in [-0.3, -0.25) is 4.99 Å². The van der Waals surface area contributed by atoms with Gasteiger partial charge in [0, 0.05) is 29.3 Å². The van der Waals surface area contributed by atoms with Gasteiger partial charge >= 0.3 is 0 Å². The van der Waals surface area contributed by atoms with Crippen molar-refractivity contribution in [1.29, 1.82) is 0 Å². The summed E-state index contributed by atoms with van der Waals surface area (Å²) in [5.74, 6) is 3.29. The summed E-state index contributed by atoms with van der Waals surface area (Å²) in [5.41, 5.74) is 1.30. The fourth-order valence-corrected chi connectivity index (χ4v) is 4.31. The van der Waals surface area contributed by atoms with Gasteiger partial charge in [-0.2, -0.15) is 0 Å². The van der Waals surface area contributed by atoms with Crippen LogP contribution < -0.4 is 5.32 Å². The quantitative estimate of drug-likeness (QED) is 0.780. The maximum Gasteiger partial charge on any atom is 0.129 e. The van der Waals surface area contributed by atoms with Crippen LogP contribution in [0.4, 0.5) is 0 Å². The summed E-state index contributed by atoms with van der Waals surface area (Å²) in [6.45, 7) is 2.02. The molecule has 116 valence electrons. The second kappa shape index (κ2) is 8.84. The second-order valence-corrected chi connectivity index (χ2v) is 6.88. The van der Waals surface area contributed by atoms with Gasteiger partial charge in [0.05, 0.1) is 0 Å². The van der Waals surface area contributed by atoms with Crippen LogP contribution in [0.15, 0.2) is 34.2 Å². The zero-order valence-corrected chi connectivity index (χ0v) is 15.0. The van der Waals surface area contributed by atoms with Crippen LogP contribution in [0.3, 0.4) is 0 Å². The summed E-state index contributed by atoms with van der Waals surface area (Å²) in [7, 11) is 0. The van der Waals surface area contributed by atoms with Crippen LogP contribution in [0, 0.1) is 5.92 Å².